The van der Waals surface area contributed by atoms with Gasteiger partial charge in [0.1, 0.15) is 0 Å². The monoisotopic (exact) mass is 299 g/mol. The minimum absolute atomic E-state index is 0.151. The van der Waals surface area contributed by atoms with E-state index in [4.69, 9.17) is 0 Å². The predicted molar refractivity (Wildman–Crippen MR) is 79.2 cm³/mol. The van der Waals surface area contributed by atoms with E-state index in [1.807, 2.05) is 6.92 Å². The minimum Gasteiger partial charge on any atom is -0.326 e. The molecule has 0 aliphatic heterocycles. The van der Waals surface area contributed by atoms with Crippen molar-refractivity contribution in [1.29, 1.82) is 0 Å². The van der Waals surface area contributed by atoms with Crippen molar-refractivity contribution in [3.63, 3.8) is 0 Å². The Labute approximate surface area is 120 Å². The third-order valence-electron chi connectivity index (χ3n) is 2.86. The third kappa shape index (κ3) is 4.03. The fraction of sp³-hybridized carbons (Fsp3) is 0.462. The lowest BCUT2D eigenvalue weighted by Crippen LogP contribution is -2.23. The molecule has 1 aromatic carbocycles. The number of carbonyl (C=O) groups is 1. The largest absolute Gasteiger partial charge is 0.326 e. The number of amides is 1. The highest BCUT2D eigenvalue weighted by atomic mass is 32.2. The highest BCUT2D eigenvalue weighted by Gasteiger charge is 2.18. The molecule has 20 heavy (non-hydrogen) atoms. The first-order valence-electron chi connectivity index (χ1n) is 6.26. The van der Waals surface area contributed by atoms with E-state index in [2.05, 4.69) is 10.6 Å². The van der Waals surface area contributed by atoms with E-state index in [0.717, 1.165) is 9.87 Å². The molecule has 0 radical (unpaired) electrons. The fourth-order valence-corrected chi connectivity index (χ4v) is 2.49. The van der Waals surface area contributed by atoms with Crippen LogP contribution in [0.3, 0.4) is 0 Å². The van der Waals surface area contributed by atoms with Crippen molar-refractivity contribution in [1.82, 2.24) is 9.62 Å². The Balaban J connectivity index is 3.01. The highest BCUT2D eigenvalue weighted by molar-refractivity contribution is 7.89. The van der Waals surface area contributed by atoms with Crippen molar-refractivity contribution in [3.05, 3.63) is 23.8 Å². The van der Waals surface area contributed by atoms with Crippen LogP contribution in [0.4, 0.5) is 5.69 Å². The summed E-state index contributed by atoms with van der Waals surface area (Å²) < 4.78 is 25.3. The van der Waals surface area contributed by atoms with E-state index in [1.54, 1.807) is 13.1 Å². The molecule has 6 nitrogen and oxygen atoms in total. The molecule has 0 heterocycles. The second kappa shape index (κ2) is 6.83. The molecule has 0 unspecified atom stereocenters. The lowest BCUT2D eigenvalue weighted by molar-refractivity contribution is -0.116. The number of nitrogens with one attached hydrogen (secondary N) is 2. The van der Waals surface area contributed by atoms with Gasteiger partial charge in [-0.2, -0.15) is 0 Å². The molecule has 112 valence electrons. The Morgan fingerprint density at radius 3 is 2.50 bits per heavy atom. The van der Waals surface area contributed by atoms with Crippen molar-refractivity contribution >= 4 is 21.6 Å². The molecule has 0 fully saturated rings. The van der Waals surface area contributed by atoms with Gasteiger partial charge in [0.05, 0.1) is 4.90 Å². The van der Waals surface area contributed by atoms with Crippen LogP contribution in [0.2, 0.25) is 0 Å². The van der Waals surface area contributed by atoms with Crippen LogP contribution >= 0.6 is 0 Å². The summed E-state index contributed by atoms with van der Waals surface area (Å²) in [7, 11) is 1.21. The molecular weight excluding hydrogens is 278 g/mol. The van der Waals surface area contributed by atoms with Gasteiger partial charge in [0.15, 0.2) is 0 Å². The van der Waals surface area contributed by atoms with E-state index in [9.17, 15) is 13.2 Å². The number of carbonyl (C=O) groups excluding carboxylic acids is 1. The second-order valence-electron chi connectivity index (χ2n) is 4.67. The third-order valence-corrected chi connectivity index (χ3v) is 4.67. The molecule has 0 spiro atoms. The Morgan fingerprint density at radius 2 is 1.95 bits per heavy atom. The van der Waals surface area contributed by atoms with Gasteiger partial charge in [-0.25, -0.2) is 12.7 Å². The molecule has 0 aliphatic carbocycles. The lowest BCUT2D eigenvalue weighted by atomic mass is 10.2. The van der Waals surface area contributed by atoms with E-state index in [0.29, 0.717) is 18.7 Å². The molecule has 1 rings (SSSR count). The van der Waals surface area contributed by atoms with Crippen molar-refractivity contribution < 1.29 is 13.2 Å². The molecule has 0 aromatic heterocycles. The Morgan fingerprint density at radius 1 is 1.30 bits per heavy atom. The van der Waals surface area contributed by atoms with Crippen LogP contribution in [0.15, 0.2) is 23.1 Å². The molecular formula is C13H21N3O3S. The van der Waals surface area contributed by atoms with Crippen LogP contribution in [0.1, 0.15) is 12.0 Å². The highest BCUT2D eigenvalue weighted by Crippen LogP contribution is 2.22. The first kappa shape index (κ1) is 16.6. The van der Waals surface area contributed by atoms with Crippen LogP contribution in [0, 0.1) is 6.92 Å². The van der Waals surface area contributed by atoms with E-state index in [-0.39, 0.29) is 10.8 Å². The average molecular weight is 299 g/mol. The zero-order chi connectivity index (χ0) is 15.3. The number of benzene rings is 1. The molecule has 0 atom stereocenters. The number of nitrogens with zero attached hydrogens (tertiary/aromatic N) is 1. The first-order chi connectivity index (χ1) is 9.28. The maximum Gasteiger partial charge on any atom is 0.242 e. The number of sulfonamides is 1. The van der Waals surface area contributed by atoms with Gasteiger partial charge in [0.25, 0.3) is 0 Å². The average Bonchev–Trinajstić information content (AvgIpc) is 2.38. The summed E-state index contributed by atoms with van der Waals surface area (Å²) in [5.41, 5.74) is 1.34. The van der Waals surface area contributed by atoms with Gasteiger partial charge >= 0.3 is 0 Å². The van der Waals surface area contributed by atoms with Crippen LogP contribution in [0.5, 0.6) is 0 Å². The molecule has 2 N–H and O–H groups in total. The Bertz CT molecular complexity index is 583. The van der Waals surface area contributed by atoms with Gasteiger partial charge < -0.3 is 10.6 Å². The molecule has 7 heteroatoms. The number of hydrogen-bond donors (Lipinski definition) is 2. The van der Waals surface area contributed by atoms with Crippen LogP contribution < -0.4 is 10.6 Å². The maximum atomic E-state index is 12.1. The smallest absolute Gasteiger partial charge is 0.242 e. The van der Waals surface area contributed by atoms with Crippen LogP contribution in [-0.4, -0.2) is 46.3 Å². The summed E-state index contributed by atoms with van der Waals surface area (Å²) in [6, 6.07) is 4.71. The second-order valence-corrected chi connectivity index (χ2v) is 6.82. The minimum atomic E-state index is -3.50. The Kier molecular flexibility index (Phi) is 5.67. The first-order valence-corrected chi connectivity index (χ1v) is 7.70. The molecule has 1 amide bonds. The van der Waals surface area contributed by atoms with Gasteiger partial charge in [-0.1, -0.05) is 6.07 Å². The summed E-state index contributed by atoms with van der Waals surface area (Å²) in [5.74, 6) is -0.151. The predicted octanol–water partition coefficient (Wildman–Crippen LogP) is 0.793. The maximum absolute atomic E-state index is 12.1. The van der Waals surface area contributed by atoms with Crippen molar-refractivity contribution in [2.75, 3.05) is 33.0 Å². The molecule has 0 aliphatic rings. The van der Waals surface area contributed by atoms with Gasteiger partial charge in [-0.3, -0.25) is 4.79 Å². The molecule has 1 aromatic rings. The summed E-state index contributed by atoms with van der Waals surface area (Å²) >= 11 is 0. The normalized spacial score (nSPS) is 11.7. The molecule has 0 saturated heterocycles. The fourth-order valence-electron chi connectivity index (χ4n) is 1.56. The summed E-state index contributed by atoms with van der Waals surface area (Å²) in [4.78, 5) is 11.9. The molecule has 0 saturated carbocycles. The lowest BCUT2D eigenvalue weighted by Gasteiger charge is -2.14. The summed E-state index contributed by atoms with van der Waals surface area (Å²) in [5, 5.41) is 5.62. The van der Waals surface area contributed by atoms with Crippen LogP contribution in [-0.2, 0) is 14.8 Å². The summed E-state index contributed by atoms with van der Waals surface area (Å²) in [6.45, 7) is 2.39. The quantitative estimate of drug-likeness (QED) is 0.814. The molecule has 0 bridgehead atoms. The SMILES string of the molecule is CNCCC(=O)Nc1cc(S(=O)(=O)N(C)C)ccc1C. The van der Waals surface area contributed by atoms with Crippen LogP contribution in [0.25, 0.3) is 0 Å². The number of rotatable bonds is 6. The summed E-state index contributed by atoms with van der Waals surface area (Å²) in [6.07, 6.45) is 0.334. The number of hydrogen-bond acceptors (Lipinski definition) is 4. The Hall–Kier alpha value is -1.44. The standard InChI is InChI=1S/C13H21N3O3S/c1-10-5-6-11(20(18,19)16(3)4)9-12(10)15-13(17)7-8-14-2/h5-6,9,14H,7-8H2,1-4H3,(H,15,17). The van der Waals surface area contributed by atoms with Crippen molar-refractivity contribution in [3.8, 4) is 0 Å². The zero-order valence-electron chi connectivity index (χ0n) is 12.2. The van der Waals surface area contributed by atoms with E-state index in [1.165, 1.54) is 26.2 Å². The van der Waals surface area contributed by atoms with Gasteiger partial charge in [0, 0.05) is 32.7 Å². The van der Waals surface area contributed by atoms with Crippen molar-refractivity contribution in [2.24, 2.45) is 0 Å². The van der Waals surface area contributed by atoms with Gasteiger partial charge in [0.2, 0.25) is 15.9 Å². The van der Waals surface area contributed by atoms with E-state index >= 15 is 0 Å². The zero-order valence-corrected chi connectivity index (χ0v) is 13.0. The number of aryl methyl sites for hydroxylation is 1. The van der Waals surface area contributed by atoms with Crippen molar-refractivity contribution in [2.45, 2.75) is 18.2 Å². The van der Waals surface area contributed by atoms with E-state index < -0.39 is 10.0 Å². The topological polar surface area (TPSA) is 78.5 Å². The number of anilines is 1. The van der Waals surface area contributed by atoms with Gasteiger partial charge in [-0.15, -0.1) is 0 Å². The van der Waals surface area contributed by atoms with Gasteiger partial charge in [-0.05, 0) is 31.7 Å².